The van der Waals surface area contributed by atoms with Crippen LogP contribution in [0.2, 0.25) is 0 Å². The summed E-state index contributed by atoms with van der Waals surface area (Å²) in [5, 5.41) is 8.47. The third kappa shape index (κ3) is 4.14. The first kappa shape index (κ1) is 17.1. The maximum atomic E-state index is 12.2. The Hall–Kier alpha value is -3.26. The van der Waals surface area contributed by atoms with Crippen LogP contribution in [0.25, 0.3) is 6.08 Å². The first-order chi connectivity index (χ1) is 11.7. The van der Waals surface area contributed by atoms with Gasteiger partial charge in [0.1, 0.15) is 11.8 Å². The van der Waals surface area contributed by atoms with Crippen LogP contribution in [0.3, 0.4) is 0 Å². The van der Waals surface area contributed by atoms with Crippen LogP contribution in [0.5, 0.6) is 17.2 Å². The Morgan fingerprint density at radius 3 is 2.50 bits per heavy atom. The van der Waals surface area contributed by atoms with Crippen LogP contribution in [0, 0.1) is 11.3 Å². The summed E-state index contributed by atoms with van der Waals surface area (Å²) >= 11 is 0. The lowest BCUT2D eigenvalue weighted by Gasteiger charge is -2.09. The number of benzene rings is 2. The van der Waals surface area contributed by atoms with Gasteiger partial charge in [0.05, 0.1) is 14.2 Å². The van der Waals surface area contributed by atoms with Crippen molar-refractivity contribution in [3.8, 4) is 23.3 Å². The maximum Gasteiger partial charge on any atom is 0.185 e. The van der Waals surface area contributed by atoms with Gasteiger partial charge in [-0.3, -0.25) is 4.79 Å². The zero-order valence-corrected chi connectivity index (χ0v) is 13.5. The van der Waals surface area contributed by atoms with E-state index in [9.17, 15) is 4.79 Å². The minimum atomic E-state index is -0.147. The van der Waals surface area contributed by atoms with Crippen LogP contribution >= 0.6 is 0 Å². The first-order valence-electron chi connectivity index (χ1n) is 7.22. The molecule has 0 unspecified atom stereocenters. The molecule has 0 amide bonds. The van der Waals surface area contributed by atoms with Crippen LogP contribution < -0.4 is 14.2 Å². The summed E-state index contributed by atoms with van der Waals surface area (Å²) in [4.78, 5) is 12.2. The zero-order chi connectivity index (χ0) is 17.4. The predicted molar refractivity (Wildman–Crippen MR) is 90.5 cm³/mol. The second kappa shape index (κ2) is 8.39. The Labute approximate surface area is 140 Å². The van der Waals surface area contributed by atoms with E-state index >= 15 is 0 Å². The van der Waals surface area contributed by atoms with E-state index in [-0.39, 0.29) is 12.4 Å². The van der Waals surface area contributed by atoms with Crippen molar-refractivity contribution in [3.63, 3.8) is 0 Å². The molecule has 0 aromatic heterocycles. The SMILES string of the molecule is COc1cccc(C=CC(=O)c2ccc(OCC#N)cc2)c1OC. The van der Waals surface area contributed by atoms with Gasteiger partial charge in [0.15, 0.2) is 23.9 Å². The van der Waals surface area contributed by atoms with E-state index in [0.29, 0.717) is 22.8 Å². The van der Waals surface area contributed by atoms with E-state index in [1.165, 1.54) is 6.08 Å². The fourth-order valence-corrected chi connectivity index (χ4v) is 2.14. The van der Waals surface area contributed by atoms with Crippen LogP contribution in [0.15, 0.2) is 48.5 Å². The smallest absolute Gasteiger partial charge is 0.185 e. The Morgan fingerprint density at radius 1 is 1.12 bits per heavy atom. The zero-order valence-electron chi connectivity index (χ0n) is 13.5. The second-order valence-corrected chi connectivity index (χ2v) is 4.75. The number of carbonyl (C=O) groups is 1. The highest BCUT2D eigenvalue weighted by atomic mass is 16.5. The molecule has 0 fully saturated rings. The van der Waals surface area contributed by atoms with Crippen LogP contribution in [0.4, 0.5) is 0 Å². The Bertz CT molecular complexity index is 773. The van der Waals surface area contributed by atoms with Crippen molar-refractivity contribution in [2.45, 2.75) is 0 Å². The average molecular weight is 323 g/mol. The van der Waals surface area contributed by atoms with Crippen molar-refractivity contribution in [3.05, 3.63) is 59.7 Å². The van der Waals surface area contributed by atoms with Crippen molar-refractivity contribution in [1.29, 1.82) is 5.26 Å². The number of para-hydroxylation sites is 1. The molecule has 2 aromatic rings. The van der Waals surface area contributed by atoms with Crippen molar-refractivity contribution in [2.75, 3.05) is 20.8 Å². The highest BCUT2D eigenvalue weighted by molar-refractivity contribution is 6.07. The first-order valence-corrected chi connectivity index (χ1v) is 7.22. The number of rotatable bonds is 7. The number of hydrogen-bond acceptors (Lipinski definition) is 5. The Kier molecular flexibility index (Phi) is 5.98. The largest absolute Gasteiger partial charge is 0.493 e. The van der Waals surface area contributed by atoms with Gasteiger partial charge in [-0.05, 0) is 42.5 Å². The number of carbonyl (C=O) groups excluding carboxylic acids is 1. The summed E-state index contributed by atoms with van der Waals surface area (Å²) in [6, 6.07) is 14.0. The molecule has 5 nitrogen and oxygen atoms in total. The molecule has 122 valence electrons. The molecule has 0 aliphatic rings. The Morgan fingerprint density at radius 2 is 1.88 bits per heavy atom. The molecule has 0 aliphatic carbocycles. The van der Waals surface area contributed by atoms with Crippen molar-refractivity contribution in [2.24, 2.45) is 0 Å². The summed E-state index contributed by atoms with van der Waals surface area (Å²) in [6.45, 7) is -0.0250. The molecule has 2 aromatic carbocycles. The Balaban J connectivity index is 2.15. The third-order valence-corrected chi connectivity index (χ3v) is 3.29. The molecule has 0 spiro atoms. The normalized spacial score (nSPS) is 10.2. The molecule has 0 saturated heterocycles. The summed E-state index contributed by atoms with van der Waals surface area (Å²) in [6.07, 6.45) is 3.16. The molecule has 2 rings (SSSR count). The highest BCUT2D eigenvalue weighted by Gasteiger charge is 2.08. The molecule has 0 radical (unpaired) electrons. The summed E-state index contributed by atoms with van der Waals surface area (Å²) < 4.78 is 15.7. The number of methoxy groups -OCH3 is 2. The fraction of sp³-hybridized carbons (Fsp3) is 0.158. The lowest BCUT2D eigenvalue weighted by Crippen LogP contribution is -1.97. The van der Waals surface area contributed by atoms with Gasteiger partial charge in [-0.2, -0.15) is 5.26 Å². The molecule has 0 heterocycles. The number of ketones is 1. The van der Waals surface area contributed by atoms with Crippen molar-refractivity contribution in [1.82, 2.24) is 0 Å². The number of ether oxygens (including phenoxy) is 3. The molecule has 0 aliphatic heterocycles. The molecule has 0 bridgehead atoms. The average Bonchev–Trinajstić information content (AvgIpc) is 2.64. The van der Waals surface area contributed by atoms with Crippen LogP contribution in [-0.4, -0.2) is 26.6 Å². The highest BCUT2D eigenvalue weighted by Crippen LogP contribution is 2.31. The van der Waals surface area contributed by atoms with Gasteiger partial charge in [-0.25, -0.2) is 0 Å². The minimum absolute atomic E-state index is 0.0250. The number of allylic oxidation sites excluding steroid dienone is 1. The molecule has 0 saturated carbocycles. The predicted octanol–water partition coefficient (Wildman–Crippen LogP) is 3.50. The molecule has 24 heavy (non-hydrogen) atoms. The number of nitriles is 1. The summed E-state index contributed by atoms with van der Waals surface area (Å²) in [5.41, 5.74) is 1.27. The van der Waals surface area contributed by atoms with E-state index in [4.69, 9.17) is 19.5 Å². The quantitative estimate of drug-likeness (QED) is 0.576. The van der Waals surface area contributed by atoms with E-state index < -0.39 is 0 Å². The lowest BCUT2D eigenvalue weighted by molar-refractivity contribution is 0.104. The lowest BCUT2D eigenvalue weighted by atomic mass is 10.1. The molecular weight excluding hydrogens is 306 g/mol. The van der Waals surface area contributed by atoms with Gasteiger partial charge in [-0.15, -0.1) is 0 Å². The molecule has 0 N–H and O–H groups in total. The van der Waals surface area contributed by atoms with Gasteiger partial charge in [0.25, 0.3) is 0 Å². The topological polar surface area (TPSA) is 68.5 Å². The van der Waals surface area contributed by atoms with Crippen LogP contribution in [-0.2, 0) is 0 Å². The number of nitrogens with zero attached hydrogens (tertiary/aromatic N) is 1. The van der Waals surface area contributed by atoms with Gasteiger partial charge in [0, 0.05) is 11.1 Å². The summed E-state index contributed by atoms with van der Waals surface area (Å²) in [5.74, 6) is 1.58. The maximum absolute atomic E-state index is 12.2. The molecule has 5 heteroatoms. The van der Waals surface area contributed by atoms with E-state index in [1.807, 2.05) is 18.2 Å². The molecular formula is C19H17NO4. The van der Waals surface area contributed by atoms with Gasteiger partial charge in [-0.1, -0.05) is 12.1 Å². The van der Waals surface area contributed by atoms with Crippen molar-refractivity contribution >= 4 is 11.9 Å². The second-order valence-electron chi connectivity index (χ2n) is 4.75. The van der Waals surface area contributed by atoms with E-state index in [2.05, 4.69) is 0 Å². The van der Waals surface area contributed by atoms with Gasteiger partial charge in [0.2, 0.25) is 0 Å². The summed E-state index contributed by atoms with van der Waals surface area (Å²) in [7, 11) is 3.11. The third-order valence-electron chi connectivity index (χ3n) is 3.29. The fourth-order valence-electron chi connectivity index (χ4n) is 2.14. The number of hydrogen-bond donors (Lipinski definition) is 0. The van der Waals surface area contributed by atoms with E-state index in [0.717, 1.165) is 5.56 Å². The monoisotopic (exact) mass is 323 g/mol. The van der Waals surface area contributed by atoms with Gasteiger partial charge >= 0.3 is 0 Å². The van der Waals surface area contributed by atoms with Crippen molar-refractivity contribution < 1.29 is 19.0 Å². The van der Waals surface area contributed by atoms with E-state index in [1.54, 1.807) is 50.6 Å². The van der Waals surface area contributed by atoms with Crippen LogP contribution in [0.1, 0.15) is 15.9 Å². The minimum Gasteiger partial charge on any atom is -0.493 e. The molecule has 0 atom stereocenters. The standard InChI is InChI=1S/C19H17NO4/c1-22-18-5-3-4-15(19(18)23-2)8-11-17(21)14-6-9-16(10-7-14)24-13-12-20/h3-11H,13H2,1-2H3. The van der Waals surface area contributed by atoms with Gasteiger partial charge < -0.3 is 14.2 Å².